The van der Waals surface area contributed by atoms with E-state index in [1.54, 1.807) is 0 Å². The fourth-order valence-corrected chi connectivity index (χ4v) is 3.90. The number of amides is 2. The number of anilines is 2. The molecule has 1 saturated heterocycles. The van der Waals surface area contributed by atoms with Crippen LogP contribution in [0.25, 0.3) is 0 Å². The lowest BCUT2D eigenvalue weighted by molar-refractivity contribution is 0.251. The zero-order valence-electron chi connectivity index (χ0n) is 14.8. The van der Waals surface area contributed by atoms with Gasteiger partial charge in [-0.05, 0) is 42.7 Å². The van der Waals surface area contributed by atoms with Gasteiger partial charge in [0.05, 0.1) is 0 Å². The van der Waals surface area contributed by atoms with Gasteiger partial charge in [0.15, 0.2) is 0 Å². The largest absolute Gasteiger partial charge is 0.370 e. The first-order valence-electron chi connectivity index (χ1n) is 8.66. The summed E-state index contributed by atoms with van der Waals surface area (Å²) in [5, 5.41) is 5.89. The molecule has 1 fully saturated rings. The van der Waals surface area contributed by atoms with Gasteiger partial charge in [-0.3, -0.25) is 0 Å². The number of rotatable bonds is 4. The van der Waals surface area contributed by atoms with E-state index < -0.39 is 0 Å². The Morgan fingerprint density at radius 2 is 1.68 bits per heavy atom. The highest BCUT2D eigenvalue weighted by Crippen LogP contribution is 2.20. The van der Waals surface area contributed by atoms with Gasteiger partial charge in [0.1, 0.15) is 0 Å². The Morgan fingerprint density at radius 3 is 2.32 bits per heavy atom. The summed E-state index contributed by atoms with van der Waals surface area (Å²) in [6.45, 7) is 6.74. The highest BCUT2D eigenvalue weighted by molar-refractivity contribution is 7.99. The Bertz CT molecular complexity index is 704. The van der Waals surface area contributed by atoms with Crippen LogP contribution in [0, 0.1) is 13.8 Å². The number of carbonyl (C=O) groups is 1. The Balaban J connectivity index is 1.53. The van der Waals surface area contributed by atoms with Crippen LogP contribution in [0.5, 0.6) is 0 Å². The normalized spacial score (nSPS) is 14.2. The van der Waals surface area contributed by atoms with Gasteiger partial charge in [-0.15, -0.1) is 0 Å². The van der Waals surface area contributed by atoms with Gasteiger partial charge in [-0.1, -0.05) is 30.3 Å². The lowest BCUT2D eigenvalue weighted by Gasteiger charge is -2.28. The van der Waals surface area contributed by atoms with Crippen LogP contribution in [0.1, 0.15) is 16.7 Å². The van der Waals surface area contributed by atoms with Crippen LogP contribution in [0.4, 0.5) is 16.2 Å². The molecular formula is C20H25N3OS. The van der Waals surface area contributed by atoms with E-state index in [4.69, 9.17) is 0 Å². The summed E-state index contributed by atoms with van der Waals surface area (Å²) in [5.41, 5.74) is 5.40. The molecule has 4 nitrogen and oxygen atoms in total. The third kappa shape index (κ3) is 4.69. The van der Waals surface area contributed by atoms with Crippen molar-refractivity contribution in [2.75, 3.05) is 34.8 Å². The maximum Gasteiger partial charge on any atom is 0.319 e. The number of carbonyl (C=O) groups excluding carboxylic acids is 1. The standard InChI is InChI=1S/C20H25N3OS/c1-15-4-3-5-16(2)19(15)22-20(24)21-14-17-6-8-18(9-7-17)23-10-12-25-13-11-23/h3-9H,10-14H2,1-2H3,(H2,21,22,24). The zero-order chi connectivity index (χ0) is 17.6. The molecule has 0 bridgehead atoms. The molecule has 2 aromatic carbocycles. The first-order chi connectivity index (χ1) is 12.1. The Morgan fingerprint density at radius 1 is 1.04 bits per heavy atom. The molecule has 0 atom stereocenters. The van der Waals surface area contributed by atoms with Crippen molar-refractivity contribution in [3.63, 3.8) is 0 Å². The van der Waals surface area contributed by atoms with Crippen LogP contribution >= 0.6 is 11.8 Å². The Labute approximate surface area is 154 Å². The van der Waals surface area contributed by atoms with Crippen LogP contribution in [0.3, 0.4) is 0 Å². The molecule has 1 aliphatic rings. The van der Waals surface area contributed by atoms with E-state index >= 15 is 0 Å². The van der Waals surface area contributed by atoms with E-state index in [-0.39, 0.29) is 6.03 Å². The molecule has 0 aromatic heterocycles. The van der Waals surface area contributed by atoms with Crippen LogP contribution < -0.4 is 15.5 Å². The minimum Gasteiger partial charge on any atom is -0.370 e. The fourth-order valence-electron chi connectivity index (χ4n) is 3.00. The number of urea groups is 1. The molecule has 0 aliphatic carbocycles. The monoisotopic (exact) mass is 355 g/mol. The van der Waals surface area contributed by atoms with Gasteiger partial charge in [0, 0.05) is 42.5 Å². The van der Waals surface area contributed by atoms with Crippen molar-refractivity contribution >= 4 is 29.2 Å². The molecule has 1 aliphatic heterocycles. The van der Waals surface area contributed by atoms with Crippen molar-refractivity contribution in [3.8, 4) is 0 Å². The van der Waals surface area contributed by atoms with E-state index in [1.165, 1.54) is 17.2 Å². The molecule has 3 rings (SSSR count). The van der Waals surface area contributed by atoms with Gasteiger partial charge < -0.3 is 15.5 Å². The van der Waals surface area contributed by atoms with E-state index in [0.717, 1.165) is 35.5 Å². The molecule has 1 heterocycles. The maximum absolute atomic E-state index is 12.2. The van der Waals surface area contributed by atoms with Crippen LogP contribution in [-0.4, -0.2) is 30.6 Å². The minimum absolute atomic E-state index is 0.172. The smallest absolute Gasteiger partial charge is 0.319 e. The molecule has 132 valence electrons. The number of benzene rings is 2. The highest BCUT2D eigenvalue weighted by atomic mass is 32.2. The number of nitrogens with zero attached hydrogens (tertiary/aromatic N) is 1. The first kappa shape index (κ1) is 17.7. The average Bonchev–Trinajstić information content (AvgIpc) is 2.64. The van der Waals surface area contributed by atoms with Crippen molar-refractivity contribution in [2.24, 2.45) is 0 Å². The molecule has 0 spiro atoms. The van der Waals surface area contributed by atoms with Crippen LogP contribution in [-0.2, 0) is 6.54 Å². The van der Waals surface area contributed by atoms with Crippen LogP contribution in [0.15, 0.2) is 42.5 Å². The second-order valence-corrected chi connectivity index (χ2v) is 7.57. The summed E-state index contributed by atoms with van der Waals surface area (Å²) >= 11 is 2.01. The molecule has 0 saturated carbocycles. The zero-order valence-corrected chi connectivity index (χ0v) is 15.7. The molecule has 2 amide bonds. The predicted octanol–water partition coefficient (Wildman–Crippen LogP) is 4.18. The van der Waals surface area contributed by atoms with E-state index in [9.17, 15) is 4.79 Å². The SMILES string of the molecule is Cc1cccc(C)c1NC(=O)NCc1ccc(N2CCSCC2)cc1. The van der Waals surface area contributed by atoms with Crippen molar-refractivity contribution in [2.45, 2.75) is 20.4 Å². The van der Waals surface area contributed by atoms with Gasteiger partial charge in [-0.2, -0.15) is 11.8 Å². The summed E-state index contributed by atoms with van der Waals surface area (Å²) in [6, 6.07) is 14.3. The van der Waals surface area contributed by atoms with Crippen molar-refractivity contribution in [1.29, 1.82) is 0 Å². The lowest BCUT2D eigenvalue weighted by Crippen LogP contribution is -2.32. The molecule has 0 unspecified atom stereocenters. The van der Waals surface area contributed by atoms with Crippen molar-refractivity contribution in [3.05, 3.63) is 59.2 Å². The molecule has 0 radical (unpaired) electrons. The quantitative estimate of drug-likeness (QED) is 0.865. The summed E-state index contributed by atoms with van der Waals surface area (Å²) < 4.78 is 0. The number of aryl methyl sites for hydroxylation is 2. The number of nitrogens with one attached hydrogen (secondary N) is 2. The molecule has 2 aromatic rings. The Kier molecular flexibility index (Phi) is 5.87. The fraction of sp³-hybridized carbons (Fsp3) is 0.350. The summed E-state index contributed by atoms with van der Waals surface area (Å²) in [6.07, 6.45) is 0. The van der Waals surface area contributed by atoms with Gasteiger partial charge in [-0.25, -0.2) is 4.79 Å². The Hall–Kier alpha value is -2.14. The second-order valence-electron chi connectivity index (χ2n) is 6.34. The predicted molar refractivity (Wildman–Crippen MR) is 108 cm³/mol. The number of para-hydroxylation sites is 1. The van der Waals surface area contributed by atoms with Crippen molar-refractivity contribution < 1.29 is 4.79 Å². The van der Waals surface area contributed by atoms with Gasteiger partial charge >= 0.3 is 6.03 Å². The number of hydrogen-bond acceptors (Lipinski definition) is 3. The molecule has 5 heteroatoms. The molecule has 2 N–H and O–H groups in total. The third-order valence-electron chi connectivity index (χ3n) is 4.49. The molecular weight excluding hydrogens is 330 g/mol. The summed E-state index contributed by atoms with van der Waals surface area (Å²) in [5.74, 6) is 2.39. The lowest BCUT2D eigenvalue weighted by atomic mass is 10.1. The van der Waals surface area contributed by atoms with Gasteiger partial charge in [0.2, 0.25) is 0 Å². The third-order valence-corrected chi connectivity index (χ3v) is 5.43. The maximum atomic E-state index is 12.2. The van der Waals surface area contributed by atoms with Crippen molar-refractivity contribution in [1.82, 2.24) is 5.32 Å². The van der Waals surface area contributed by atoms with Gasteiger partial charge in [0.25, 0.3) is 0 Å². The molecule has 25 heavy (non-hydrogen) atoms. The van der Waals surface area contributed by atoms with E-state index in [0.29, 0.717) is 6.54 Å². The highest BCUT2D eigenvalue weighted by Gasteiger charge is 2.11. The topological polar surface area (TPSA) is 44.4 Å². The minimum atomic E-state index is -0.172. The van der Waals surface area contributed by atoms with E-state index in [1.807, 2.05) is 43.8 Å². The van der Waals surface area contributed by atoms with E-state index in [2.05, 4.69) is 39.8 Å². The second kappa shape index (κ2) is 8.30. The average molecular weight is 356 g/mol. The summed E-state index contributed by atoms with van der Waals surface area (Å²) in [7, 11) is 0. The van der Waals surface area contributed by atoms with Crippen LogP contribution in [0.2, 0.25) is 0 Å². The number of hydrogen-bond donors (Lipinski definition) is 2. The number of thioether (sulfide) groups is 1. The first-order valence-corrected chi connectivity index (χ1v) is 9.81. The summed E-state index contributed by atoms with van der Waals surface area (Å²) in [4.78, 5) is 14.6.